The number of nitro benzene ring substituents is 1. The molecule has 0 unspecified atom stereocenters. The van der Waals surface area contributed by atoms with Crippen LogP contribution in [0.25, 0.3) is 0 Å². The van der Waals surface area contributed by atoms with Crippen molar-refractivity contribution in [1.82, 2.24) is 0 Å². The normalized spacial score (nSPS) is 14.8. The number of amides is 1. The molecule has 0 bridgehead atoms. The quantitative estimate of drug-likeness (QED) is 0.389. The molecule has 0 aromatic heterocycles. The van der Waals surface area contributed by atoms with Gasteiger partial charge in [0.25, 0.3) is 11.6 Å². The Morgan fingerprint density at radius 1 is 1.23 bits per heavy atom. The number of rotatable bonds is 7. The molecule has 0 saturated heterocycles. The van der Waals surface area contributed by atoms with Gasteiger partial charge in [-0.25, -0.2) is 4.79 Å². The van der Waals surface area contributed by atoms with Crippen LogP contribution in [0, 0.1) is 10.1 Å². The monoisotopic (exact) mass is 414 g/mol. The van der Waals surface area contributed by atoms with E-state index in [2.05, 4.69) is 0 Å². The fourth-order valence-corrected chi connectivity index (χ4v) is 3.51. The third-order valence-corrected chi connectivity index (χ3v) is 4.80. The number of nitrogens with zero attached hydrogens (tertiary/aromatic N) is 2. The maximum Gasteiger partial charge on any atom is 0.345 e. The highest BCUT2D eigenvalue weighted by Gasteiger charge is 2.32. The Hall–Kier alpha value is -3.62. The second kappa shape index (κ2) is 8.81. The van der Waals surface area contributed by atoms with Gasteiger partial charge in [0, 0.05) is 17.8 Å². The number of carbonyl (C=O) groups excluding carboxylic acids is 2. The Balaban J connectivity index is 1.80. The molecule has 158 valence electrons. The molecule has 1 aliphatic heterocycles. The lowest BCUT2D eigenvalue weighted by Gasteiger charge is -2.22. The van der Waals surface area contributed by atoms with E-state index >= 15 is 0 Å². The SMILES string of the molecule is CCOc1cc(C(=O)OCC(=O)N2c3ccccc3C[C@H]2C)c([N+](=O)[O-])cc1OC. The molecule has 1 atom stereocenters. The predicted octanol–water partition coefficient (Wildman–Crippen LogP) is 3.14. The molecule has 0 saturated carbocycles. The van der Waals surface area contributed by atoms with Crippen LogP contribution < -0.4 is 14.4 Å². The number of para-hydroxylation sites is 1. The van der Waals surface area contributed by atoms with Crippen molar-refractivity contribution in [2.75, 3.05) is 25.2 Å². The molecular formula is C21H22N2O7. The first-order valence-electron chi connectivity index (χ1n) is 9.43. The highest BCUT2D eigenvalue weighted by molar-refractivity contribution is 6.00. The van der Waals surface area contributed by atoms with E-state index < -0.39 is 29.1 Å². The number of hydrogen-bond donors (Lipinski definition) is 0. The second-order valence-corrected chi connectivity index (χ2v) is 6.73. The van der Waals surface area contributed by atoms with Gasteiger partial charge in [-0.1, -0.05) is 18.2 Å². The van der Waals surface area contributed by atoms with E-state index in [1.165, 1.54) is 13.2 Å². The van der Waals surface area contributed by atoms with Crippen LogP contribution in [0.15, 0.2) is 36.4 Å². The summed E-state index contributed by atoms with van der Waals surface area (Å²) < 4.78 is 15.6. The minimum atomic E-state index is -0.987. The molecule has 3 rings (SSSR count). The first-order chi connectivity index (χ1) is 14.4. The van der Waals surface area contributed by atoms with Crippen LogP contribution in [0.3, 0.4) is 0 Å². The van der Waals surface area contributed by atoms with Crippen molar-refractivity contribution in [3.8, 4) is 11.5 Å². The van der Waals surface area contributed by atoms with Gasteiger partial charge in [-0.05, 0) is 31.9 Å². The van der Waals surface area contributed by atoms with E-state index in [0.717, 1.165) is 17.3 Å². The Morgan fingerprint density at radius 3 is 2.63 bits per heavy atom. The fraction of sp³-hybridized carbons (Fsp3) is 0.333. The number of carbonyl (C=O) groups is 2. The van der Waals surface area contributed by atoms with Crippen molar-refractivity contribution in [3.05, 3.63) is 57.6 Å². The first kappa shape index (κ1) is 21.1. The summed E-state index contributed by atoms with van der Waals surface area (Å²) in [5.41, 5.74) is 1.01. The maximum atomic E-state index is 12.7. The fourth-order valence-electron chi connectivity index (χ4n) is 3.51. The topological polar surface area (TPSA) is 108 Å². The molecule has 1 aliphatic rings. The van der Waals surface area contributed by atoms with Crippen molar-refractivity contribution in [2.24, 2.45) is 0 Å². The van der Waals surface area contributed by atoms with Crippen LogP contribution in [-0.2, 0) is 16.0 Å². The van der Waals surface area contributed by atoms with Gasteiger partial charge in [-0.15, -0.1) is 0 Å². The zero-order chi connectivity index (χ0) is 21.8. The van der Waals surface area contributed by atoms with Gasteiger partial charge < -0.3 is 19.1 Å². The zero-order valence-electron chi connectivity index (χ0n) is 16.9. The Bertz CT molecular complexity index is 989. The molecule has 2 aromatic rings. The molecule has 0 fully saturated rings. The van der Waals surface area contributed by atoms with Gasteiger partial charge in [0.1, 0.15) is 5.56 Å². The second-order valence-electron chi connectivity index (χ2n) is 6.73. The molecule has 0 radical (unpaired) electrons. The van der Waals surface area contributed by atoms with E-state index in [1.807, 2.05) is 31.2 Å². The standard InChI is InChI=1S/C21H22N2O7/c1-4-29-19-10-15(17(23(26)27)11-18(19)28-3)21(25)30-12-20(24)22-13(2)9-14-7-5-6-8-16(14)22/h5-8,10-11,13H,4,9,12H2,1-3H3/t13-/m1/s1. The van der Waals surface area contributed by atoms with Crippen LogP contribution >= 0.6 is 0 Å². The summed E-state index contributed by atoms with van der Waals surface area (Å²) in [4.78, 5) is 37.6. The minimum absolute atomic E-state index is 0.0755. The molecule has 9 nitrogen and oxygen atoms in total. The van der Waals surface area contributed by atoms with E-state index in [0.29, 0.717) is 6.42 Å². The minimum Gasteiger partial charge on any atom is -0.493 e. The summed E-state index contributed by atoms with van der Waals surface area (Å²) in [7, 11) is 1.34. The summed E-state index contributed by atoms with van der Waals surface area (Å²) in [5.74, 6) is -1.09. The maximum absolute atomic E-state index is 12.7. The number of methoxy groups -OCH3 is 1. The van der Waals surface area contributed by atoms with Gasteiger partial charge in [-0.3, -0.25) is 14.9 Å². The Labute approximate surface area is 173 Å². The Kier molecular flexibility index (Phi) is 6.20. The van der Waals surface area contributed by atoms with E-state index in [-0.39, 0.29) is 29.7 Å². The summed E-state index contributed by atoms with van der Waals surface area (Å²) in [6, 6.07) is 9.73. The van der Waals surface area contributed by atoms with Crippen molar-refractivity contribution < 1.29 is 28.7 Å². The lowest BCUT2D eigenvalue weighted by Crippen LogP contribution is -2.38. The average molecular weight is 414 g/mol. The van der Waals surface area contributed by atoms with E-state index in [9.17, 15) is 19.7 Å². The van der Waals surface area contributed by atoms with Crippen molar-refractivity contribution in [1.29, 1.82) is 0 Å². The predicted molar refractivity (Wildman–Crippen MR) is 108 cm³/mol. The number of benzene rings is 2. The van der Waals surface area contributed by atoms with Gasteiger partial charge in [0.15, 0.2) is 18.1 Å². The van der Waals surface area contributed by atoms with Crippen molar-refractivity contribution in [2.45, 2.75) is 26.3 Å². The van der Waals surface area contributed by atoms with Crippen LogP contribution in [-0.4, -0.2) is 43.2 Å². The summed E-state index contributed by atoms with van der Waals surface area (Å²) in [6.45, 7) is 3.37. The van der Waals surface area contributed by atoms with Gasteiger partial charge in [-0.2, -0.15) is 0 Å². The molecule has 0 N–H and O–H groups in total. The molecule has 1 heterocycles. The first-order valence-corrected chi connectivity index (χ1v) is 9.43. The number of esters is 1. The van der Waals surface area contributed by atoms with Gasteiger partial charge in [0.05, 0.1) is 24.7 Å². The molecule has 0 spiro atoms. The van der Waals surface area contributed by atoms with Crippen LogP contribution in [0.1, 0.15) is 29.8 Å². The average Bonchev–Trinajstić information content (AvgIpc) is 3.07. The third kappa shape index (κ3) is 4.05. The molecule has 2 aromatic carbocycles. The summed E-state index contributed by atoms with van der Waals surface area (Å²) in [6.07, 6.45) is 0.706. The number of anilines is 1. The molecule has 1 amide bonds. The highest BCUT2D eigenvalue weighted by atomic mass is 16.6. The molecular weight excluding hydrogens is 392 g/mol. The zero-order valence-corrected chi connectivity index (χ0v) is 16.9. The highest BCUT2D eigenvalue weighted by Crippen LogP contribution is 2.35. The van der Waals surface area contributed by atoms with E-state index in [1.54, 1.807) is 11.8 Å². The number of fused-ring (bicyclic) bond motifs is 1. The largest absolute Gasteiger partial charge is 0.493 e. The van der Waals surface area contributed by atoms with Crippen molar-refractivity contribution >= 4 is 23.3 Å². The summed E-state index contributed by atoms with van der Waals surface area (Å²) >= 11 is 0. The summed E-state index contributed by atoms with van der Waals surface area (Å²) in [5, 5.41) is 11.4. The Morgan fingerprint density at radius 2 is 1.97 bits per heavy atom. The van der Waals surface area contributed by atoms with Crippen LogP contribution in [0.2, 0.25) is 0 Å². The number of ether oxygens (including phenoxy) is 3. The number of hydrogen-bond acceptors (Lipinski definition) is 7. The van der Waals surface area contributed by atoms with E-state index in [4.69, 9.17) is 14.2 Å². The smallest absolute Gasteiger partial charge is 0.345 e. The molecule has 0 aliphatic carbocycles. The number of nitro groups is 1. The van der Waals surface area contributed by atoms with Crippen LogP contribution in [0.5, 0.6) is 11.5 Å². The van der Waals surface area contributed by atoms with Crippen LogP contribution in [0.4, 0.5) is 11.4 Å². The van der Waals surface area contributed by atoms with Crippen molar-refractivity contribution in [3.63, 3.8) is 0 Å². The third-order valence-electron chi connectivity index (χ3n) is 4.80. The lowest BCUT2D eigenvalue weighted by atomic mass is 10.1. The van der Waals surface area contributed by atoms with Gasteiger partial charge in [0.2, 0.25) is 0 Å². The lowest BCUT2D eigenvalue weighted by molar-refractivity contribution is -0.385. The van der Waals surface area contributed by atoms with Gasteiger partial charge >= 0.3 is 5.97 Å². The molecule has 9 heteroatoms. The molecule has 30 heavy (non-hydrogen) atoms.